The van der Waals surface area contributed by atoms with E-state index in [0.717, 1.165) is 28.1 Å². The SMILES string of the molecule is COC(=O)c1c(C)[nH]c(-c2ccc(C)cc2)c1[C@H]1C(=O)Nc2ccccc21. The number of aromatic nitrogens is 1. The molecule has 2 aromatic carbocycles. The van der Waals surface area contributed by atoms with E-state index in [1.165, 1.54) is 7.11 Å². The average Bonchev–Trinajstić information content (AvgIpc) is 3.17. The highest BCUT2D eigenvalue weighted by molar-refractivity contribution is 6.08. The van der Waals surface area contributed by atoms with Crippen molar-refractivity contribution in [2.45, 2.75) is 19.8 Å². The molecule has 0 aliphatic carbocycles. The molecule has 2 N–H and O–H groups in total. The van der Waals surface area contributed by atoms with Gasteiger partial charge in [0.05, 0.1) is 24.3 Å². The Morgan fingerprint density at radius 3 is 2.44 bits per heavy atom. The largest absolute Gasteiger partial charge is 0.465 e. The van der Waals surface area contributed by atoms with E-state index in [1.807, 2.05) is 62.4 Å². The van der Waals surface area contributed by atoms with Gasteiger partial charge in [-0.15, -0.1) is 0 Å². The molecule has 1 aromatic heterocycles. The summed E-state index contributed by atoms with van der Waals surface area (Å²) in [4.78, 5) is 28.7. The van der Waals surface area contributed by atoms with E-state index in [9.17, 15) is 9.59 Å². The van der Waals surface area contributed by atoms with Crippen molar-refractivity contribution in [1.82, 2.24) is 4.98 Å². The minimum atomic E-state index is -0.573. The normalized spacial score (nSPS) is 15.4. The van der Waals surface area contributed by atoms with Crippen LogP contribution in [0.25, 0.3) is 11.3 Å². The number of carbonyl (C=O) groups excluding carboxylic acids is 2. The van der Waals surface area contributed by atoms with E-state index in [0.29, 0.717) is 16.8 Å². The van der Waals surface area contributed by atoms with Gasteiger partial charge in [-0.2, -0.15) is 0 Å². The van der Waals surface area contributed by atoms with Crippen molar-refractivity contribution in [3.8, 4) is 11.3 Å². The average molecular weight is 360 g/mol. The van der Waals surface area contributed by atoms with Crippen LogP contribution in [0, 0.1) is 13.8 Å². The first-order valence-electron chi connectivity index (χ1n) is 8.79. The molecule has 2 heterocycles. The van der Waals surface area contributed by atoms with Crippen LogP contribution in [-0.4, -0.2) is 24.0 Å². The van der Waals surface area contributed by atoms with Crippen molar-refractivity contribution in [3.05, 3.63) is 76.5 Å². The lowest BCUT2D eigenvalue weighted by Gasteiger charge is -2.13. The van der Waals surface area contributed by atoms with Gasteiger partial charge in [-0.25, -0.2) is 4.79 Å². The van der Waals surface area contributed by atoms with Crippen molar-refractivity contribution in [3.63, 3.8) is 0 Å². The van der Waals surface area contributed by atoms with E-state index in [2.05, 4.69) is 10.3 Å². The molecule has 1 aliphatic heterocycles. The summed E-state index contributed by atoms with van der Waals surface area (Å²) >= 11 is 0. The number of anilines is 1. The fourth-order valence-corrected chi connectivity index (χ4v) is 3.74. The topological polar surface area (TPSA) is 71.2 Å². The lowest BCUT2D eigenvalue weighted by molar-refractivity contribution is -0.116. The van der Waals surface area contributed by atoms with E-state index in [1.54, 1.807) is 0 Å². The Balaban J connectivity index is 1.99. The van der Waals surface area contributed by atoms with Gasteiger partial charge in [0.15, 0.2) is 0 Å². The van der Waals surface area contributed by atoms with Crippen LogP contribution in [0.3, 0.4) is 0 Å². The van der Waals surface area contributed by atoms with Gasteiger partial charge in [0.25, 0.3) is 0 Å². The van der Waals surface area contributed by atoms with Crippen LogP contribution in [0.4, 0.5) is 5.69 Å². The van der Waals surface area contributed by atoms with Crippen LogP contribution < -0.4 is 5.32 Å². The first kappa shape index (κ1) is 17.1. The van der Waals surface area contributed by atoms with E-state index >= 15 is 0 Å². The highest BCUT2D eigenvalue weighted by Gasteiger charge is 2.38. The fourth-order valence-electron chi connectivity index (χ4n) is 3.74. The van der Waals surface area contributed by atoms with Gasteiger partial charge >= 0.3 is 5.97 Å². The van der Waals surface area contributed by atoms with Gasteiger partial charge in [0, 0.05) is 16.9 Å². The summed E-state index contributed by atoms with van der Waals surface area (Å²) in [6, 6.07) is 15.6. The number of para-hydroxylation sites is 1. The fraction of sp³-hybridized carbons (Fsp3) is 0.182. The number of ether oxygens (including phenoxy) is 1. The Labute approximate surface area is 157 Å². The zero-order chi connectivity index (χ0) is 19.1. The van der Waals surface area contributed by atoms with Gasteiger partial charge < -0.3 is 15.0 Å². The summed E-state index contributed by atoms with van der Waals surface area (Å²) in [5.74, 6) is -1.17. The zero-order valence-corrected chi connectivity index (χ0v) is 15.4. The lowest BCUT2D eigenvalue weighted by atomic mass is 9.87. The molecule has 0 bridgehead atoms. The van der Waals surface area contributed by atoms with Crippen LogP contribution in [0.1, 0.15) is 38.7 Å². The quantitative estimate of drug-likeness (QED) is 0.689. The van der Waals surface area contributed by atoms with Crippen molar-refractivity contribution < 1.29 is 14.3 Å². The predicted molar refractivity (Wildman–Crippen MR) is 104 cm³/mol. The smallest absolute Gasteiger partial charge is 0.340 e. The Morgan fingerprint density at radius 1 is 1.04 bits per heavy atom. The van der Waals surface area contributed by atoms with Crippen LogP contribution in [-0.2, 0) is 9.53 Å². The van der Waals surface area contributed by atoms with Crippen molar-refractivity contribution >= 4 is 17.6 Å². The summed E-state index contributed by atoms with van der Waals surface area (Å²) in [6.07, 6.45) is 0. The molecule has 27 heavy (non-hydrogen) atoms. The molecule has 0 spiro atoms. The molecule has 0 radical (unpaired) electrons. The standard InChI is InChI=1S/C22H20N2O3/c1-12-8-10-14(11-9-12)20-19(17(13(2)23-20)22(26)27-3)18-15-6-4-5-7-16(15)24-21(18)25/h4-11,18,23H,1-3H3,(H,24,25)/t18-/m0/s1. The number of H-pyrrole nitrogens is 1. The number of benzene rings is 2. The number of fused-ring (bicyclic) bond motifs is 1. The maximum Gasteiger partial charge on any atom is 0.340 e. The minimum absolute atomic E-state index is 0.145. The Morgan fingerprint density at radius 2 is 1.74 bits per heavy atom. The van der Waals surface area contributed by atoms with Crippen molar-refractivity contribution in [1.29, 1.82) is 0 Å². The molecule has 1 atom stereocenters. The van der Waals surface area contributed by atoms with Crippen LogP contribution in [0.2, 0.25) is 0 Å². The summed E-state index contributed by atoms with van der Waals surface area (Å²) in [5.41, 5.74) is 6.23. The third-order valence-corrected chi connectivity index (χ3v) is 5.04. The predicted octanol–water partition coefficient (Wildman–Crippen LogP) is 4.17. The van der Waals surface area contributed by atoms with Crippen LogP contribution >= 0.6 is 0 Å². The number of aryl methyl sites for hydroxylation is 2. The molecule has 1 amide bonds. The molecule has 4 rings (SSSR count). The Hall–Kier alpha value is -3.34. The zero-order valence-electron chi connectivity index (χ0n) is 15.4. The number of hydrogen-bond donors (Lipinski definition) is 2. The maximum atomic E-state index is 12.9. The highest BCUT2D eigenvalue weighted by atomic mass is 16.5. The molecule has 1 aliphatic rings. The van der Waals surface area contributed by atoms with Gasteiger partial charge in [0.1, 0.15) is 0 Å². The summed E-state index contributed by atoms with van der Waals surface area (Å²) < 4.78 is 5.02. The number of hydrogen-bond acceptors (Lipinski definition) is 3. The molecule has 0 fully saturated rings. The Bertz CT molecular complexity index is 1050. The third-order valence-electron chi connectivity index (χ3n) is 5.04. The molecule has 0 saturated carbocycles. The molecular formula is C22H20N2O3. The second kappa shape index (κ2) is 6.43. The monoisotopic (exact) mass is 360 g/mol. The number of nitrogens with one attached hydrogen (secondary N) is 2. The molecule has 136 valence electrons. The molecule has 0 unspecified atom stereocenters. The number of aromatic amines is 1. The first-order valence-corrected chi connectivity index (χ1v) is 8.79. The van der Waals surface area contributed by atoms with Gasteiger partial charge in [-0.1, -0.05) is 48.0 Å². The van der Waals surface area contributed by atoms with Gasteiger partial charge in [0.2, 0.25) is 5.91 Å². The lowest BCUT2D eigenvalue weighted by Crippen LogP contribution is -2.17. The van der Waals surface area contributed by atoms with E-state index < -0.39 is 11.9 Å². The molecule has 0 saturated heterocycles. The second-order valence-corrected chi connectivity index (χ2v) is 6.78. The van der Waals surface area contributed by atoms with E-state index in [4.69, 9.17) is 4.74 Å². The first-order chi connectivity index (χ1) is 13.0. The molecule has 5 nitrogen and oxygen atoms in total. The summed E-state index contributed by atoms with van der Waals surface area (Å²) in [7, 11) is 1.35. The van der Waals surface area contributed by atoms with Gasteiger partial charge in [-0.3, -0.25) is 4.79 Å². The molecule has 5 heteroatoms. The van der Waals surface area contributed by atoms with Crippen LogP contribution in [0.15, 0.2) is 48.5 Å². The number of methoxy groups -OCH3 is 1. The van der Waals surface area contributed by atoms with Crippen molar-refractivity contribution in [2.75, 3.05) is 12.4 Å². The number of esters is 1. The number of carbonyl (C=O) groups is 2. The minimum Gasteiger partial charge on any atom is -0.465 e. The second-order valence-electron chi connectivity index (χ2n) is 6.78. The third kappa shape index (κ3) is 2.72. The number of amides is 1. The van der Waals surface area contributed by atoms with Crippen molar-refractivity contribution in [2.24, 2.45) is 0 Å². The summed E-state index contributed by atoms with van der Waals surface area (Å²) in [6.45, 7) is 3.84. The molecular weight excluding hydrogens is 340 g/mol. The van der Waals surface area contributed by atoms with E-state index in [-0.39, 0.29) is 5.91 Å². The number of rotatable bonds is 3. The maximum absolute atomic E-state index is 12.9. The van der Waals surface area contributed by atoms with Gasteiger partial charge in [-0.05, 0) is 31.0 Å². The summed E-state index contributed by atoms with van der Waals surface area (Å²) in [5, 5.41) is 2.92. The Kier molecular flexibility index (Phi) is 4.07. The molecule has 3 aromatic rings. The highest BCUT2D eigenvalue weighted by Crippen LogP contribution is 2.43. The van der Waals surface area contributed by atoms with Crippen LogP contribution in [0.5, 0.6) is 0 Å².